The van der Waals surface area contributed by atoms with E-state index in [0.29, 0.717) is 0 Å². The molecule has 0 fully saturated rings. The maximum Gasteiger partial charge on any atom is 0.173 e. The molecule has 0 saturated carbocycles. The Bertz CT molecular complexity index is 749. The van der Waals surface area contributed by atoms with Crippen LogP contribution in [-0.2, 0) is 0 Å². The van der Waals surface area contributed by atoms with Gasteiger partial charge in [0, 0.05) is 5.56 Å². The number of fused-ring (bicyclic) bond motifs is 1. The molecule has 0 spiro atoms. The van der Waals surface area contributed by atoms with Crippen molar-refractivity contribution in [2.75, 3.05) is 7.11 Å². The fraction of sp³-hybridized carbons (Fsp3) is 0.125. The maximum atomic E-state index is 5.30. The highest BCUT2D eigenvalue weighted by atomic mass is 79.9. The van der Waals surface area contributed by atoms with Gasteiger partial charge in [-0.1, -0.05) is 34.1 Å². The normalized spacial score (nSPS) is 12.6. The number of methoxy groups -OCH3 is 1. The quantitative estimate of drug-likeness (QED) is 0.531. The Labute approximate surface area is 134 Å². The van der Waals surface area contributed by atoms with Crippen molar-refractivity contribution in [3.8, 4) is 5.75 Å². The summed E-state index contributed by atoms with van der Waals surface area (Å²) < 4.78 is 11.3. The number of benzene rings is 2. The van der Waals surface area contributed by atoms with Crippen molar-refractivity contribution in [3.05, 3.63) is 64.5 Å². The van der Waals surface area contributed by atoms with E-state index in [0.717, 1.165) is 16.0 Å². The number of rotatable bonds is 3. The molecule has 1 atom stereocenters. The Morgan fingerprint density at radius 2 is 1.80 bits per heavy atom. The van der Waals surface area contributed by atoms with Gasteiger partial charge in [-0.25, -0.2) is 0 Å². The largest absolute Gasteiger partial charge is 0.497 e. The first-order valence-corrected chi connectivity index (χ1v) is 7.84. The standard InChI is InChI=1S/C16H12Br2O2/c1-19-13-5-4-10-8-12(3-2-11(10)9-13)15(17)14-6-7-20-16(14)18/h2-9,15H,1H3. The van der Waals surface area contributed by atoms with Gasteiger partial charge in [0.25, 0.3) is 0 Å². The monoisotopic (exact) mass is 394 g/mol. The highest BCUT2D eigenvalue weighted by Gasteiger charge is 2.16. The molecule has 1 heterocycles. The summed E-state index contributed by atoms with van der Waals surface area (Å²) in [5, 5.41) is 2.35. The zero-order valence-electron chi connectivity index (χ0n) is 10.8. The van der Waals surface area contributed by atoms with Gasteiger partial charge < -0.3 is 9.15 Å². The number of halogens is 2. The van der Waals surface area contributed by atoms with Crippen LogP contribution in [-0.4, -0.2) is 7.11 Å². The first-order valence-electron chi connectivity index (χ1n) is 6.13. The van der Waals surface area contributed by atoms with Gasteiger partial charge in [-0.15, -0.1) is 0 Å². The highest BCUT2D eigenvalue weighted by Crippen LogP contribution is 2.37. The minimum absolute atomic E-state index is 0.0992. The lowest BCUT2D eigenvalue weighted by Crippen LogP contribution is -1.92. The third kappa shape index (κ3) is 2.50. The van der Waals surface area contributed by atoms with Crippen molar-refractivity contribution in [2.24, 2.45) is 0 Å². The molecule has 1 unspecified atom stereocenters. The van der Waals surface area contributed by atoms with Crippen LogP contribution in [0.15, 0.2) is 57.8 Å². The zero-order chi connectivity index (χ0) is 14.1. The van der Waals surface area contributed by atoms with Crippen LogP contribution in [0.4, 0.5) is 0 Å². The van der Waals surface area contributed by atoms with E-state index in [2.05, 4.69) is 56.1 Å². The van der Waals surface area contributed by atoms with E-state index in [4.69, 9.17) is 9.15 Å². The van der Waals surface area contributed by atoms with Gasteiger partial charge in [-0.2, -0.15) is 0 Å². The first-order chi connectivity index (χ1) is 9.69. The molecular formula is C16H12Br2O2. The smallest absolute Gasteiger partial charge is 0.173 e. The number of hydrogen-bond donors (Lipinski definition) is 0. The van der Waals surface area contributed by atoms with Crippen molar-refractivity contribution in [1.29, 1.82) is 0 Å². The average Bonchev–Trinajstić information content (AvgIpc) is 2.91. The summed E-state index contributed by atoms with van der Waals surface area (Å²) in [6.07, 6.45) is 1.68. The molecule has 3 aromatic rings. The van der Waals surface area contributed by atoms with Crippen LogP contribution in [0.2, 0.25) is 0 Å². The maximum absolute atomic E-state index is 5.30. The summed E-state index contributed by atoms with van der Waals surface area (Å²) in [5.41, 5.74) is 2.27. The van der Waals surface area contributed by atoms with Crippen LogP contribution in [0.3, 0.4) is 0 Å². The Kier molecular flexibility index (Phi) is 3.85. The SMILES string of the molecule is COc1ccc2cc(C(Br)c3ccoc3Br)ccc2c1. The fourth-order valence-electron chi connectivity index (χ4n) is 2.19. The second-order valence-electron chi connectivity index (χ2n) is 4.48. The minimum Gasteiger partial charge on any atom is -0.497 e. The van der Waals surface area contributed by atoms with Crippen molar-refractivity contribution < 1.29 is 9.15 Å². The van der Waals surface area contributed by atoms with Gasteiger partial charge in [-0.05, 0) is 56.5 Å². The van der Waals surface area contributed by atoms with Crippen molar-refractivity contribution >= 4 is 42.6 Å². The predicted molar refractivity (Wildman–Crippen MR) is 87.7 cm³/mol. The number of hydrogen-bond acceptors (Lipinski definition) is 2. The van der Waals surface area contributed by atoms with E-state index in [-0.39, 0.29) is 4.83 Å². The van der Waals surface area contributed by atoms with Gasteiger partial charge in [0.1, 0.15) is 5.75 Å². The van der Waals surface area contributed by atoms with E-state index in [1.54, 1.807) is 13.4 Å². The summed E-state index contributed by atoms with van der Waals surface area (Å²) >= 11 is 7.14. The van der Waals surface area contributed by atoms with Crippen LogP contribution < -0.4 is 4.74 Å². The van der Waals surface area contributed by atoms with Crippen LogP contribution in [0.25, 0.3) is 10.8 Å². The summed E-state index contributed by atoms with van der Waals surface area (Å²) in [6, 6.07) is 14.4. The van der Waals surface area contributed by atoms with E-state index in [1.807, 2.05) is 18.2 Å². The third-order valence-corrected chi connectivity index (χ3v) is 4.95. The lowest BCUT2D eigenvalue weighted by Gasteiger charge is -2.10. The van der Waals surface area contributed by atoms with Crippen LogP contribution in [0, 0.1) is 0 Å². The molecule has 4 heteroatoms. The molecular weight excluding hydrogens is 384 g/mol. The summed E-state index contributed by atoms with van der Waals surface area (Å²) in [4.78, 5) is 0.0992. The highest BCUT2D eigenvalue weighted by molar-refractivity contribution is 9.10. The number of furan rings is 1. The molecule has 0 aliphatic carbocycles. The molecule has 0 radical (unpaired) electrons. The number of alkyl halides is 1. The molecule has 20 heavy (non-hydrogen) atoms. The van der Waals surface area contributed by atoms with Gasteiger partial charge in [0.05, 0.1) is 18.2 Å². The average molecular weight is 396 g/mol. The minimum atomic E-state index is 0.0992. The molecule has 102 valence electrons. The van der Waals surface area contributed by atoms with E-state index in [9.17, 15) is 0 Å². The lowest BCUT2D eigenvalue weighted by atomic mass is 10.0. The molecule has 0 bridgehead atoms. The molecule has 0 aliphatic heterocycles. The molecule has 2 aromatic carbocycles. The van der Waals surface area contributed by atoms with Crippen LogP contribution in [0.1, 0.15) is 16.0 Å². The molecule has 2 nitrogen and oxygen atoms in total. The van der Waals surface area contributed by atoms with E-state index < -0.39 is 0 Å². The molecule has 0 amide bonds. The topological polar surface area (TPSA) is 22.4 Å². The van der Waals surface area contributed by atoms with E-state index >= 15 is 0 Å². The molecule has 1 aromatic heterocycles. The Balaban J connectivity index is 2.03. The molecule has 0 saturated heterocycles. The second-order valence-corrected chi connectivity index (χ2v) is 6.12. The van der Waals surface area contributed by atoms with Gasteiger partial charge in [0.15, 0.2) is 4.67 Å². The Morgan fingerprint density at radius 1 is 1.05 bits per heavy atom. The lowest BCUT2D eigenvalue weighted by molar-refractivity contribution is 0.415. The number of ether oxygens (including phenoxy) is 1. The predicted octanol–water partition coefficient (Wildman–Crippen LogP) is 5.69. The molecule has 0 aliphatic rings. The third-order valence-electron chi connectivity index (χ3n) is 3.28. The zero-order valence-corrected chi connectivity index (χ0v) is 13.9. The van der Waals surface area contributed by atoms with Crippen molar-refractivity contribution in [2.45, 2.75) is 4.83 Å². The van der Waals surface area contributed by atoms with E-state index in [1.165, 1.54) is 16.3 Å². The van der Waals surface area contributed by atoms with Crippen molar-refractivity contribution in [1.82, 2.24) is 0 Å². The summed E-state index contributed by atoms with van der Waals surface area (Å²) in [6.45, 7) is 0. The molecule has 0 N–H and O–H groups in total. The first kappa shape index (κ1) is 13.7. The molecule has 3 rings (SSSR count). The summed E-state index contributed by atoms with van der Waals surface area (Å²) in [7, 11) is 1.68. The van der Waals surface area contributed by atoms with Crippen LogP contribution >= 0.6 is 31.9 Å². The second kappa shape index (κ2) is 5.62. The van der Waals surface area contributed by atoms with Gasteiger partial charge in [-0.3, -0.25) is 0 Å². The Hall–Kier alpha value is -1.26. The van der Waals surface area contributed by atoms with Gasteiger partial charge >= 0.3 is 0 Å². The Morgan fingerprint density at radius 3 is 2.50 bits per heavy atom. The summed E-state index contributed by atoms with van der Waals surface area (Å²) in [5.74, 6) is 0.873. The fourth-order valence-corrected chi connectivity index (χ4v) is 3.61. The van der Waals surface area contributed by atoms with Crippen LogP contribution in [0.5, 0.6) is 5.75 Å². The van der Waals surface area contributed by atoms with Gasteiger partial charge in [0.2, 0.25) is 0 Å². The van der Waals surface area contributed by atoms with Crippen molar-refractivity contribution in [3.63, 3.8) is 0 Å².